The maximum absolute atomic E-state index is 12.1. The smallest absolute Gasteiger partial charge is 0.338 e. The van der Waals surface area contributed by atoms with E-state index in [1.54, 1.807) is 12.1 Å². The van der Waals surface area contributed by atoms with E-state index in [9.17, 15) is 4.79 Å². The zero-order chi connectivity index (χ0) is 23.0. The Morgan fingerprint density at radius 3 is 2.03 bits per heavy atom. The summed E-state index contributed by atoms with van der Waals surface area (Å²) in [6.07, 6.45) is 19.1. The molecule has 0 aliphatic rings. The minimum absolute atomic E-state index is 0.269. The highest BCUT2D eigenvalue weighted by atomic mass is 16.5. The molecule has 0 radical (unpaired) electrons. The Balaban J connectivity index is 1.68. The van der Waals surface area contributed by atoms with Gasteiger partial charge in [0.25, 0.3) is 0 Å². The number of hydrogen-bond acceptors (Lipinski definition) is 4. The maximum Gasteiger partial charge on any atom is 0.338 e. The van der Waals surface area contributed by atoms with Gasteiger partial charge in [0, 0.05) is 11.8 Å². The van der Waals surface area contributed by atoms with Crippen LogP contribution in [-0.4, -0.2) is 22.5 Å². The SMILES string of the molecule is CCCCCCCCCCCCc1cnc(-c2ccc(C(=O)OC[C@@H](C)CC)cc2)cn1. The van der Waals surface area contributed by atoms with E-state index in [1.165, 1.54) is 64.2 Å². The number of nitrogens with zero attached hydrogens (tertiary/aromatic N) is 2. The Kier molecular flexibility index (Phi) is 12.6. The molecular formula is C28H42N2O2. The number of ether oxygens (including phenoxy) is 1. The summed E-state index contributed by atoms with van der Waals surface area (Å²) in [6.45, 7) is 6.90. The average Bonchev–Trinajstić information content (AvgIpc) is 2.84. The molecule has 2 rings (SSSR count). The van der Waals surface area contributed by atoms with Gasteiger partial charge in [-0.2, -0.15) is 0 Å². The molecule has 2 aromatic rings. The van der Waals surface area contributed by atoms with Crippen molar-refractivity contribution in [2.75, 3.05) is 6.61 Å². The molecular weight excluding hydrogens is 396 g/mol. The largest absolute Gasteiger partial charge is 0.462 e. The third-order valence-electron chi connectivity index (χ3n) is 6.10. The van der Waals surface area contributed by atoms with Gasteiger partial charge in [-0.1, -0.05) is 97.1 Å². The second-order valence-corrected chi connectivity index (χ2v) is 9.01. The van der Waals surface area contributed by atoms with Crippen molar-refractivity contribution in [1.82, 2.24) is 9.97 Å². The van der Waals surface area contributed by atoms with Crippen LogP contribution in [0.2, 0.25) is 0 Å². The Bertz CT molecular complexity index is 756. The van der Waals surface area contributed by atoms with E-state index >= 15 is 0 Å². The second kappa shape index (κ2) is 15.6. The molecule has 1 aromatic carbocycles. The summed E-state index contributed by atoms with van der Waals surface area (Å²) in [5, 5.41) is 0. The third-order valence-corrected chi connectivity index (χ3v) is 6.10. The molecule has 0 N–H and O–H groups in total. The van der Waals surface area contributed by atoms with E-state index < -0.39 is 0 Å². The van der Waals surface area contributed by atoms with Crippen LogP contribution in [0.5, 0.6) is 0 Å². The molecule has 4 nitrogen and oxygen atoms in total. The van der Waals surface area contributed by atoms with Crippen LogP contribution < -0.4 is 0 Å². The zero-order valence-electron chi connectivity index (χ0n) is 20.4. The molecule has 1 atom stereocenters. The summed E-state index contributed by atoms with van der Waals surface area (Å²) >= 11 is 0. The molecule has 0 saturated heterocycles. The van der Waals surface area contributed by atoms with Crippen LogP contribution in [0.25, 0.3) is 11.3 Å². The van der Waals surface area contributed by atoms with Gasteiger partial charge in [-0.3, -0.25) is 9.97 Å². The van der Waals surface area contributed by atoms with Gasteiger partial charge < -0.3 is 4.74 Å². The molecule has 0 saturated carbocycles. The minimum Gasteiger partial charge on any atom is -0.462 e. The van der Waals surface area contributed by atoms with Crippen LogP contribution in [0.4, 0.5) is 0 Å². The van der Waals surface area contributed by atoms with Crippen molar-refractivity contribution in [3.63, 3.8) is 0 Å². The summed E-state index contributed by atoms with van der Waals surface area (Å²) in [7, 11) is 0. The fraction of sp³-hybridized carbons (Fsp3) is 0.607. The molecule has 1 aromatic heterocycles. The van der Waals surface area contributed by atoms with E-state index in [1.807, 2.05) is 24.5 Å². The highest BCUT2D eigenvalue weighted by molar-refractivity contribution is 5.90. The fourth-order valence-corrected chi connectivity index (χ4v) is 3.62. The Hall–Kier alpha value is -2.23. The van der Waals surface area contributed by atoms with Crippen LogP contribution >= 0.6 is 0 Å². The lowest BCUT2D eigenvalue weighted by Gasteiger charge is -2.10. The van der Waals surface area contributed by atoms with Gasteiger partial charge in [-0.05, 0) is 30.9 Å². The summed E-state index contributed by atoms with van der Waals surface area (Å²) in [5.74, 6) is 0.113. The first-order valence-corrected chi connectivity index (χ1v) is 12.7. The molecule has 176 valence electrons. The van der Waals surface area contributed by atoms with Gasteiger partial charge in [-0.25, -0.2) is 4.79 Å². The number of hydrogen-bond donors (Lipinski definition) is 0. The Labute approximate surface area is 195 Å². The third kappa shape index (κ3) is 9.93. The van der Waals surface area contributed by atoms with Crippen molar-refractivity contribution in [3.05, 3.63) is 47.9 Å². The molecule has 0 aliphatic carbocycles. The lowest BCUT2D eigenvalue weighted by molar-refractivity contribution is 0.0447. The molecule has 0 fully saturated rings. The average molecular weight is 439 g/mol. The first-order valence-electron chi connectivity index (χ1n) is 12.7. The van der Waals surface area contributed by atoms with Gasteiger partial charge in [0.1, 0.15) is 0 Å². The number of rotatable bonds is 16. The molecule has 1 heterocycles. The molecule has 0 spiro atoms. The zero-order valence-corrected chi connectivity index (χ0v) is 20.4. The Morgan fingerprint density at radius 2 is 1.47 bits per heavy atom. The van der Waals surface area contributed by atoms with Gasteiger partial charge in [0.2, 0.25) is 0 Å². The molecule has 4 heteroatoms. The molecule has 0 unspecified atom stereocenters. The topological polar surface area (TPSA) is 52.1 Å². The molecule has 32 heavy (non-hydrogen) atoms. The summed E-state index contributed by atoms with van der Waals surface area (Å²) in [6, 6.07) is 7.42. The first kappa shape index (κ1) is 26.0. The van der Waals surface area contributed by atoms with E-state index in [-0.39, 0.29) is 5.97 Å². The highest BCUT2D eigenvalue weighted by Crippen LogP contribution is 2.18. The van der Waals surface area contributed by atoms with Gasteiger partial charge in [0.15, 0.2) is 0 Å². The van der Waals surface area contributed by atoms with Crippen LogP contribution in [0, 0.1) is 5.92 Å². The van der Waals surface area contributed by atoms with Gasteiger partial charge in [-0.15, -0.1) is 0 Å². The summed E-state index contributed by atoms with van der Waals surface area (Å²) in [5.41, 5.74) is 3.42. The maximum atomic E-state index is 12.1. The highest BCUT2D eigenvalue weighted by Gasteiger charge is 2.10. The monoisotopic (exact) mass is 438 g/mol. The number of esters is 1. The second-order valence-electron chi connectivity index (χ2n) is 9.01. The quantitative estimate of drug-likeness (QED) is 0.198. The Morgan fingerprint density at radius 1 is 0.844 bits per heavy atom. The number of unbranched alkanes of at least 4 members (excludes halogenated alkanes) is 9. The summed E-state index contributed by atoms with van der Waals surface area (Å²) < 4.78 is 5.36. The minimum atomic E-state index is -0.269. The van der Waals surface area contributed by atoms with E-state index in [4.69, 9.17) is 4.74 Å². The van der Waals surface area contributed by atoms with E-state index in [2.05, 4.69) is 30.7 Å². The van der Waals surface area contributed by atoms with Gasteiger partial charge >= 0.3 is 5.97 Å². The molecule has 0 aliphatic heterocycles. The van der Waals surface area contributed by atoms with Crippen LogP contribution in [0.15, 0.2) is 36.7 Å². The van der Waals surface area contributed by atoms with Crippen molar-refractivity contribution in [2.45, 2.75) is 97.8 Å². The number of carbonyl (C=O) groups excluding carboxylic acids is 1. The lowest BCUT2D eigenvalue weighted by atomic mass is 10.1. The van der Waals surface area contributed by atoms with Crippen molar-refractivity contribution in [2.24, 2.45) is 5.92 Å². The predicted molar refractivity (Wildman–Crippen MR) is 133 cm³/mol. The van der Waals surface area contributed by atoms with Crippen LogP contribution in [0.1, 0.15) is 107 Å². The number of carbonyl (C=O) groups is 1. The molecule has 0 bridgehead atoms. The lowest BCUT2D eigenvalue weighted by Crippen LogP contribution is -2.11. The fourth-order valence-electron chi connectivity index (χ4n) is 3.62. The number of aromatic nitrogens is 2. The van der Waals surface area contributed by atoms with Gasteiger partial charge in [0.05, 0.1) is 29.8 Å². The van der Waals surface area contributed by atoms with Crippen LogP contribution in [-0.2, 0) is 11.2 Å². The van der Waals surface area contributed by atoms with E-state index in [0.29, 0.717) is 18.1 Å². The van der Waals surface area contributed by atoms with Crippen molar-refractivity contribution >= 4 is 5.97 Å². The van der Waals surface area contributed by atoms with E-state index in [0.717, 1.165) is 29.8 Å². The number of aryl methyl sites for hydroxylation is 1. The summed E-state index contributed by atoms with van der Waals surface area (Å²) in [4.78, 5) is 21.3. The normalized spacial score (nSPS) is 12.0. The van der Waals surface area contributed by atoms with Crippen molar-refractivity contribution < 1.29 is 9.53 Å². The molecule has 0 amide bonds. The first-order chi connectivity index (χ1) is 15.6. The number of benzene rings is 1. The standard InChI is InChI=1S/C28H42N2O2/c1-4-6-7-8-9-10-11-12-13-14-15-26-20-30-27(21-29-26)24-16-18-25(19-17-24)28(31)32-22-23(3)5-2/h16-21,23H,4-15,22H2,1-3H3/t23-/m0/s1. The van der Waals surface area contributed by atoms with Crippen LogP contribution in [0.3, 0.4) is 0 Å². The van der Waals surface area contributed by atoms with Crippen molar-refractivity contribution in [1.29, 1.82) is 0 Å². The van der Waals surface area contributed by atoms with Crippen molar-refractivity contribution in [3.8, 4) is 11.3 Å². The predicted octanol–water partition coefficient (Wildman–Crippen LogP) is 7.81.